The zero-order valence-electron chi connectivity index (χ0n) is 11.3. The Balaban J connectivity index is 1.86. The minimum absolute atomic E-state index is 0.0567. The Kier molecular flexibility index (Phi) is 3.67. The van der Waals surface area contributed by atoms with Gasteiger partial charge in [0.25, 0.3) is 0 Å². The summed E-state index contributed by atoms with van der Waals surface area (Å²) >= 11 is 1.72. The summed E-state index contributed by atoms with van der Waals surface area (Å²) in [6.07, 6.45) is 0.825. The summed E-state index contributed by atoms with van der Waals surface area (Å²) in [6.45, 7) is 2.57. The van der Waals surface area contributed by atoms with E-state index in [2.05, 4.69) is 11.4 Å². The molecular weight excluding hydrogens is 290 g/mol. The van der Waals surface area contributed by atoms with Gasteiger partial charge in [-0.3, -0.25) is 0 Å². The fourth-order valence-electron chi connectivity index (χ4n) is 2.73. The van der Waals surface area contributed by atoms with E-state index in [0.717, 1.165) is 17.5 Å². The van der Waals surface area contributed by atoms with Gasteiger partial charge in [0.2, 0.25) is 10.0 Å². The molecule has 5 heteroatoms. The molecule has 3 nitrogen and oxygen atoms in total. The number of sulfonamides is 1. The quantitative estimate of drug-likeness (QED) is 0.873. The van der Waals surface area contributed by atoms with Crippen molar-refractivity contribution in [1.29, 1.82) is 0 Å². The lowest BCUT2D eigenvalue weighted by Crippen LogP contribution is -2.38. The van der Waals surface area contributed by atoms with Gasteiger partial charge < -0.3 is 0 Å². The highest BCUT2D eigenvalue weighted by Gasteiger charge is 2.33. The fourth-order valence-corrected chi connectivity index (χ4v) is 5.44. The lowest BCUT2D eigenvalue weighted by molar-refractivity contribution is 0.328. The maximum absolute atomic E-state index is 12.6. The van der Waals surface area contributed by atoms with E-state index in [9.17, 15) is 8.42 Å². The van der Waals surface area contributed by atoms with Gasteiger partial charge in [0.05, 0.1) is 5.75 Å². The highest BCUT2D eigenvalue weighted by molar-refractivity contribution is 7.88. The number of nitrogens with zero attached hydrogens (tertiary/aromatic N) is 1. The van der Waals surface area contributed by atoms with Gasteiger partial charge in [-0.15, -0.1) is 11.3 Å². The number of rotatable bonds is 3. The smallest absolute Gasteiger partial charge is 0.212 e. The number of hydrogen-bond donors (Lipinski definition) is 0. The lowest BCUT2D eigenvalue weighted by Gasteiger charge is -2.32. The first-order valence-corrected chi connectivity index (χ1v) is 9.16. The summed E-state index contributed by atoms with van der Waals surface area (Å²) in [4.78, 5) is 1.32. The van der Waals surface area contributed by atoms with Crippen LogP contribution in [0.2, 0.25) is 0 Å². The van der Waals surface area contributed by atoms with Crippen LogP contribution in [0.5, 0.6) is 0 Å². The minimum Gasteiger partial charge on any atom is -0.212 e. The van der Waals surface area contributed by atoms with Gasteiger partial charge in [-0.25, -0.2) is 8.42 Å². The van der Waals surface area contributed by atoms with Crippen LogP contribution in [0.1, 0.15) is 29.0 Å². The highest BCUT2D eigenvalue weighted by Crippen LogP contribution is 2.35. The lowest BCUT2D eigenvalue weighted by atomic mass is 10.0. The van der Waals surface area contributed by atoms with Crippen LogP contribution in [0.25, 0.3) is 0 Å². The molecule has 0 N–H and O–H groups in total. The van der Waals surface area contributed by atoms with Crippen LogP contribution >= 0.6 is 11.3 Å². The molecule has 0 radical (unpaired) electrons. The monoisotopic (exact) mass is 307 g/mol. The topological polar surface area (TPSA) is 37.4 Å². The van der Waals surface area contributed by atoms with E-state index in [1.807, 2.05) is 37.3 Å². The van der Waals surface area contributed by atoms with E-state index in [0.29, 0.717) is 6.54 Å². The SMILES string of the molecule is C[C@H]1c2ccsc2CCN1S(=O)(=O)Cc1ccccc1. The van der Waals surface area contributed by atoms with E-state index < -0.39 is 10.0 Å². The summed E-state index contributed by atoms with van der Waals surface area (Å²) in [5.41, 5.74) is 2.01. The molecule has 0 bridgehead atoms. The Morgan fingerprint density at radius 2 is 2.00 bits per heavy atom. The zero-order chi connectivity index (χ0) is 14.2. The number of thiophene rings is 1. The maximum Gasteiger partial charge on any atom is 0.218 e. The van der Waals surface area contributed by atoms with E-state index in [4.69, 9.17) is 0 Å². The Labute approximate surface area is 123 Å². The highest BCUT2D eigenvalue weighted by atomic mass is 32.2. The second-order valence-electron chi connectivity index (χ2n) is 5.08. The molecule has 0 saturated heterocycles. The third-order valence-electron chi connectivity index (χ3n) is 3.77. The van der Waals surface area contributed by atoms with Crippen LogP contribution in [-0.2, 0) is 22.2 Å². The number of hydrogen-bond acceptors (Lipinski definition) is 3. The predicted octanol–water partition coefficient (Wildman–Crippen LogP) is 3.20. The van der Waals surface area contributed by atoms with Gasteiger partial charge >= 0.3 is 0 Å². The Hall–Kier alpha value is -1.17. The standard InChI is InChI=1S/C15H17NO2S2/c1-12-14-8-10-19-15(14)7-9-16(12)20(17,18)11-13-5-3-2-4-6-13/h2-6,8,10,12H,7,9,11H2,1H3/t12-/m0/s1. The van der Waals surface area contributed by atoms with Crippen LogP contribution < -0.4 is 0 Å². The first kappa shape index (κ1) is 13.8. The summed E-state index contributed by atoms with van der Waals surface area (Å²) in [7, 11) is -3.27. The van der Waals surface area contributed by atoms with Crippen molar-refractivity contribution < 1.29 is 8.42 Å². The molecule has 2 aromatic rings. The van der Waals surface area contributed by atoms with Crippen LogP contribution in [0.4, 0.5) is 0 Å². The van der Waals surface area contributed by atoms with Gasteiger partial charge in [0.1, 0.15) is 0 Å². The van der Waals surface area contributed by atoms with Crippen LogP contribution in [0.15, 0.2) is 41.8 Å². The van der Waals surface area contributed by atoms with Crippen molar-refractivity contribution in [2.24, 2.45) is 0 Å². The Bertz CT molecular complexity index is 692. The third kappa shape index (κ3) is 2.53. The number of benzene rings is 1. The molecule has 106 valence electrons. The maximum atomic E-state index is 12.6. The molecule has 1 aromatic carbocycles. The summed E-state index contributed by atoms with van der Waals surface area (Å²) < 4.78 is 26.9. The van der Waals surface area contributed by atoms with E-state index in [1.54, 1.807) is 15.6 Å². The van der Waals surface area contributed by atoms with Crippen molar-refractivity contribution >= 4 is 21.4 Å². The molecule has 1 atom stereocenters. The average Bonchev–Trinajstić information content (AvgIpc) is 2.88. The second-order valence-corrected chi connectivity index (χ2v) is 8.00. The first-order valence-electron chi connectivity index (χ1n) is 6.67. The van der Waals surface area contributed by atoms with Gasteiger partial charge in [0, 0.05) is 17.5 Å². The van der Waals surface area contributed by atoms with Crippen molar-refractivity contribution in [3.05, 3.63) is 57.8 Å². The summed E-state index contributed by atoms with van der Waals surface area (Å²) in [5.74, 6) is 0.0810. The van der Waals surface area contributed by atoms with Gasteiger partial charge in [0.15, 0.2) is 0 Å². The van der Waals surface area contributed by atoms with Crippen molar-refractivity contribution in [2.75, 3.05) is 6.54 Å². The molecule has 1 aliphatic heterocycles. The second kappa shape index (κ2) is 5.31. The van der Waals surface area contributed by atoms with Crippen molar-refractivity contribution in [3.8, 4) is 0 Å². The molecule has 1 aliphatic rings. The third-order valence-corrected chi connectivity index (χ3v) is 6.68. The average molecular weight is 307 g/mol. The molecule has 3 rings (SSSR count). The van der Waals surface area contributed by atoms with Crippen LogP contribution in [-0.4, -0.2) is 19.3 Å². The summed E-state index contributed by atoms with van der Waals surface area (Å²) in [6, 6.07) is 11.4. The molecule has 0 aliphatic carbocycles. The van der Waals surface area contributed by atoms with E-state index in [-0.39, 0.29) is 11.8 Å². The molecule has 0 amide bonds. The predicted molar refractivity (Wildman–Crippen MR) is 82.2 cm³/mol. The molecule has 0 spiro atoms. The normalized spacial score (nSPS) is 19.8. The van der Waals surface area contributed by atoms with Gasteiger partial charge in [-0.2, -0.15) is 4.31 Å². The van der Waals surface area contributed by atoms with Crippen LogP contribution in [0, 0.1) is 0 Å². The fraction of sp³-hybridized carbons (Fsp3) is 0.333. The Morgan fingerprint density at radius 3 is 2.75 bits per heavy atom. The van der Waals surface area contributed by atoms with Crippen molar-refractivity contribution in [1.82, 2.24) is 4.31 Å². The number of fused-ring (bicyclic) bond motifs is 1. The van der Waals surface area contributed by atoms with Crippen molar-refractivity contribution in [3.63, 3.8) is 0 Å². The molecule has 20 heavy (non-hydrogen) atoms. The molecule has 0 unspecified atom stereocenters. The largest absolute Gasteiger partial charge is 0.218 e. The van der Waals surface area contributed by atoms with E-state index >= 15 is 0 Å². The van der Waals surface area contributed by atoms with Gasteiger partial charge in [-0.1, -0.05) is 30.3 Å². The van der Waals surface area contributed by atoms with E-state index in [1.165, 1.54) is 4.88 Å². The molecule has 0 saturated carbocycles. The molecule has 1 aromatic heterocycles. The van der Waals surface area contributed by atoms with Crippen molar-refractivity contribution in [2.45, 2.75) is 25.1 Å². The molecular formula is C15H17NO2S2. The summed E-state index contributed by atoms with van der Waals surface area (Å²) in [5, 5.41) is 2.05. The zero-order valence-corrected chi connectivity index (χ0v) is 13.0. The minimum atomic E-state index is -3.27. The van der Waals surface area contributed by atoms with Gasteiger partial charge in [-0.05, 0) is 35.9 Å². The Morgan fingerprint density at radius 1 is 1.25 bits per heavy atom. The molecule has 0 fully saturated rings. The van der Waals surface area contributed by atoms with Crippen LogP contribution in [0.3, 0.4) is 0 Å². The first-order chi connectivity index (χ1) is 9.58. The molecule has 2 heterocycles.